The average Bonchev–Trinajstić information content (AvgIpc) is 3.44. The van der Waals surface area contributed by atoms with Crippen LogP contribution in [0.2, 0.25) is 0 Å². The van der Waals surface area contributed by atoms with Crippen LogP contribution in [0.4, 0.5) is 10.5 Å². The lowest BCUT2D eigenvalue weighted by Crippen LogP contribution is -2.38. The van der Waals surface area contributed by atoms with Crippen molar-refractivity contribution in [1.82, 2.24) is 20.5 Å². The van der Waals surface area contributed by atoms with E-state index in [1.165, 1.54) is 0 Å². The van der Waals surface area contributed by atoms with Gasteiger partial charge in [0.25, 0.3) is 0 Å². The zero-order chi connectivity index (χ0) is 21.6. The molecule has 0 aliphatic carbocycles. The van der Waals surface area contributed by atoms with Crippen LogP contribution >= 0.6 is 23.1 Å². The summed E-state index contributed by atoms with van der Waals surface area (Å²) < 4.78 is 10.9. The van der Waals surface area contributed by atoms with E-state index < -0.39 is 17.2 Å². The van der Waals surface area contributed by atoms with Gasteiger partial charge in [0, 0.05) is 16.6 Å². The van der Waals surface area contributed by atoms with E-state index >= 15 is 0 Å². The van der Waals surface area contributed by atoms with Crippen LogP contribution in [0.1, 0.15) is 17.6 Å². The van der Waals surface area contributed by atoms with Crippen LogP contribution in [-0.4, -0.2) is 45.6 Å². The summed E-state index contributed by atoms with van der Waals surface area (Å²) in [7, 11) is 0. The van der Waals surface area contributed by atoms with E-state index in [4.69, 9.17) is 9.47 Å². The number of aromatic nitrogens is 3. The largest absolute Gasteiger partial charge is 0.486 e. The predicted molar refractivity (Wildman–Crippen MR) is 120 cm³/mol. The first-order chi connectivity index (χ1) is 15.1. The lowest BCUT2D eigenvalue weighted by molar-refractivity contribution is -0.119. The number of carbonyl (C=O) groups is 2. The Morgan fingerprint density at radius 3 is 2.87 bits per heavy atom. The zero-order valence-electron chi connectivity index (χ0n) is 16.5. The average molecular weight is 458 g/mol. The molecular formula is C20H19N5O4S2. The number of anilines is 1. The predicted octanol–water partition coefficient (Wildman–Crippen LogP) is 3.64. The number of thioether (sulfide) groups is 1. The number of urea groups is 1. The molecule has 3 amide bonds. The molecule has 1 aliphatic rings. The zero-order valence-corrected chi connectivity index (χ0v) is 18.1. The molecule has 160 valence electrons. The number of hydrogen-bond acceptors (Lipinski definition) is 8. The number of H-pyrrole nitrogens is 1. The maximum atomic E-state index is 12.4. The summed E-state index contributed by atoms with van der Waals surface area (Å²) in [5.41, 5.74) is 0.492. The van der Waals surface area contributed by atoms with Crippen LogP contribution < -0.4 is 20.1 Å². The van der Waals surface area contributed by atoms with Gasteiger partial charge in [-0.2, -0.15) is 0 Å². The van der Waals surface area contributed by atoms with Gasteiger partial charge in [0.05, 0.1) is 5.25 Å². The third-order valence-corrected chi connectivity index (χ3v) is 5.92. The van der Waals surface area contributed by atoms with Gasteiger partial charge in [-0.3, -0.25) is 15.2 Å². The molecule has 31 heavy (non-hydrogen) atoms. The number of fused-ring (bicyclic) bond motifs is 1. The number of thiophene rings is 1. The van der Waals surface area contributed by atoms with Crippen LogP contribution in [0.15, 0.2) is 40.9 Å². The van der Waals surface area contributed by atoms with Gasteiger partial charge < -0.3 is 14.8 Å². The first-order valence-electron chi connectivity index (χ1n) is 9.39. The lowest BCUT2D eigenvalue weighted by atomic mass is 10.2. The summed E-state index contributed by atoms with van der Waals surface area (Å²) in [5, 5.41) is 13.7. The second-order valence-electron chi connectivity index (χ2n) is 6.41. The summed E-state index contributed by atoms with van der Waals surface area (Å²) in [6.45, 7) is 2.61. The van der Waals surface area contributed by atoms with Gasteiger partial charge in [-0.25, -0.2) is 9.78 Å². The number of carbonyl (C=O) groups excluding carboxylic acids is 2. The summed E-state index contributed by atoms with van der Waals surface area (Å²) in [6.07, 6.45) is 3.74. The number of hydrogen-bond donors (Lipinski definition) is 3. The molecule has 0 bridgehead atoms. The normalized spacial score (nSPS) is 13.7. The lowest BCUT2D eigenvalue weighted by Gasteiger charge is -2.19. The number of imide groups is 1. The fraction of sp³-hybridized carbons (Fsp3) is 0.200. The molecule has 3 N–H and O–H groups in total. The molecule has 9 nitrogen and oxygen atoms in total. The molecule has 1 unspecified atom stereocenters. The van der Waals surface area contributed by atoms with E-state index in [9.17, 15) is 9.59 Å². The fourth-order valence-corrected chi connectivity index (χ4v) is 3.99. The molecule has 0 saturated carbocycles. The monoisotopic (exact) mass is 457 g/mol. The summed E-state index contributed by atoms with van der Waals surface area (Å²) in [4.78, 5) is 30.0. The first-order valence-corrected chi connectivity index (χ1v) is 11.1. The number of rotatable bonds is 6. The summed E-state index contributed by atoms with van der Waals surface area (Å²) >= 11 is 2.77. The summed E-state index contributed by atoms with van der Waals surface area (Å²) in [5.74, 6) is 1.29. The Morgan fingerprint density at radius 1 is 1.23 bits per heavy atom. The molecule has 1 aromatic carbocycles. The second-order valence-corrected chi connectivity index (χ2v) is 8.70. The van der Waals surface area contributed by atoms with Gasteiger partial charge in [0.2, 0.25) is 11.1 Å². The number of nitrogens with one attached hydrogen (secondary N) is 3. The number of nitrogens with zero attached hydrogens (tertiary/aromatic N) is 2. The highest BCUT2D eigenvalue weighted by atomic mass is 32.2. The minimum absolute atomic E-state index is 0.417. The second kappa shape index (κ2) is 9.67. The van der Waals surface area contributed by atoms with E-state index in [0.29, 0.717) is 41.4 Å². The molecule has 4 rings (SSSR count). The molecule has 0 radical (unpaired) electrons. The molecule has 1 aliphatic heterocycles. The highest BCUT2D eigenvalue weighted by molar-refractivity contribution is 8.00. The van der Waals surface area contributed by atoms with Crippen molar-refractivity contribution in [1.29, 1.82) is 0 Å². The van der Waals surface area contributed by atoms with Gasteiger partial charge in [0.1, 0.15) is 19.0 Å². The minimum atomic E-state index is -0.635. The van der Waals surface area contributed by atoms with Crippen molar-refractivity contribution in [3.8, 4) is 11.5 Å². The van der Waals surface area contributed by atoms with Gasteiger partial charge in [-0.05, 0) is 42.7 Å². The van der Waals surface area contributed by atoms with Crippen molar-refractivity contribution < 1.29 is 19.1 Å². The molecule has 1 atom stereocenters. The number of ether oxygens (including phenoxy) is 2. The summed E-state index contributed by atoms with van der Waals surface area (Å²) in [6, 6.07) is 8.36. The highest BCUT2D eigenvalue weighted by Crippen LogP contribution is 2.32. The fourth-order valence-electron chi connectivity index (χ4n) is 2.64. The molecule has 3 heterocycles. The van der Waals surface area contributed by atoms with Crippen LogP contribution in [0.3, 0.4) is 0 Å². The highest BCUT2D eigenvalue weighted by Gasteiger charge is 2.20. The van der Waals surface area contributed by atoms with Crippen molar-refractivity contribution in [3.63, 3.8) is 0 Å². The molecule has 0 saturated heterocycles. The van der Waals surface area contributed by atoms with Gasteiger partial charge >= 0.3 is 6.03 Å². The van der Waals surface area contributed by atoms with E-state index in [2.05, 4.69) is 25.8 Å². The van der Waals surface area contributed by atoms with Crippen molar-refractivity contribution in [2.24, 2.45) is 0 Å². The molecular weight excluding hydrogens is 438 g/mol. The maximum Gasteiger partial charge on any atom is 0.325 e. The van der Waals surface area contributed by atoms with Crippen LogP contribution in [0, 0.1) is 0 Å². The van der Waals surface area contributed by atoms with E-state index in [-0.39, 0.29) is 0 Å². The Kier molecular flexibility index (Phi) is 6.53. The molecule has 0 spiro atoms. The first kappa shape index (κ1) is 20.9. The van der Waals surface area contributed by atoms with E-state index in [1.54, 1.807) is 36.5 Å². The third-order valence-electron chi connectivity index (χ3n) is 4.12. The Morgan fingerprint density at radius 2 is 2.06 bits per heavy atom. The number of aromatic amines is 1. The molecule has 0 fully saturated rings. The van der Waals surface area contributed by atoms with E-state index in [0.717, 1.165) is 16.6 Å². The Balaban J connectivity index is 1.28. The topological polar surface area (TPSA) is 118 Å². The smallest absolute Gasteiger partial charge is 0.325 e. The molecule has 11 heteroatoms. The Labute approximate surface area is 186 Å². The van der Waals surface area contributed by atoms with Crippen LogP contribution in [-0.2, 0) is 4.79 Å². The molecule has 2 aromatic heterocycles. The van der Waals surface area contributed by atoms with E-state index in [1.807, 2.05) is 29.7 Å². The Hall–Kier alpha value is -3.31. The number of benzene rings is 1. The quantitative estimate of drug-likeness (QED) is 0.484. The minimum Gasteiger partial charge on any atom is -0.486 e. The van der Waals surface area contributed by atoms with Crippen molar-refractivity contribution >= 4 is 52.9 Å². The van der Waals surface area contributed by atoms with Crippen molar-refractivity contribution in [2.75, 3.05) is 18.5 Å². The molecule has 3 aromatic rings. The van der Waals surface area contributed by atoms with Gasteiger partial charge in [-0.15, -0.1) is 16.4 Å². The Bertz CT molecular complexity index is 1100. The standard InChI is InChI=1S/C20H19N5O4S2/c1-12(31-20-22-17(24-25-20)7-5-14-3-2-10-30-14)18(26)23-19(27)21-13-4-6-15-16(11-13)29-9-8-28-15/h2-7,10-12H,8-9H2,1H3,(H,22,24,25)(H2,21,23,26,27)/b7-5+. The van der Waals surface area contributed by atoms with Crippen LogP contribution in [0.5, 0.6) is 11.5 Å². The number of amides is 3. The van der Waals surface area contributed by atoms with Crippen LogP contribution in [0.25, 0.3) is 12.2 Å². The maximum absolute atomic E-state index is 12.4. The van der Waals surface area contributed by atoms with Crippen molar-refractivity contribution in [3.05, 3.63) is 46.4 Å². The third kappa shape index (κ3) is 5.64. The van der Waals surface area contributed by atoms with Gasteiger partial charge in [-0.1, -0.05) is 17.8 Å². The SMILES string of the molecule is CC(Sc1n[nH]c(/C=C/c2cccs2)n1)C(=O)NC(=O)Nc1ccc2c(c1)OCCO2. The van der Waals surface area contributed by atoms with Crippen molar-refractivity contribution in [2.45, 2.75) is 17.3 Å². The van der Waals surface area contributed by atoms with Gasteiger partial charge in [0.15, 0.2) is 11.5 Å².